The highest BCUT2D eigenvalue weighted by Gasteiger charge is 2.53. The Hall–Kier alpha value is -1.28. The standard InChI is InChI=1S/C16H20F3O4S/c1-14(2,9-15(3,20)16(17,18)19)12-8-11(24(4,21)22)7-10-5-6-23-13(10)12/h7-8,20H,3,5-6,9H2,1-2,4H3. The first kappa shape index (κ1) is 19.1. The maximum Gasteiger partial charge on any atom is 0.417 e. The van der Waals surface area contributed by atoms with E-state index in [0.717, 1.165) is 6.26 Å². The molecule has 1 radical (unpaired) electrons. The summed E-state index contributed by atoms with van der Waals surface area (Å²) in [7, 11) is -3.54. The number of fused-ring (bicyclic) bond motifs is 1. The molecule has 1 atom stereocenters. The first-order valence-electron chi connectivity index (χ1n) is 7.30. The maximum atomic E-state index is 13.0. The first-order chi connectivity index (χ1) is 10.7. The van der Waals surface area contributed by atoms with E-state index in [0.29, 0.717) is 29.9 Å². The molecule has 2 rings (SSSR count). The molecule has 1 aromatic rings. The van der Waals surface area contributed by atoms with Crippen molar-refractivity contribution in [3.8, 4) is 5.75 Å². The predicted molar refractivity (Wildman–Crippen MR) is 82.8 cm³/mol. The van der Waals surface area contributed by atoms with Gasteiger partial charge in [-0.15, -0.1) is 0 Å². The predicted octanol–water partition coefficient (Wildman–Crippen LogP) is 2.82. The van der Waals surface area contributed by atoms with Crippen LogP contribution in [0.15, 0.2) is 17.0 Å². The summed E-state index contributed by atoms with van der Waals surface area (Å²) in [5, 5.41) is 9.73. The van der Waals surface area contributed by atoms with Crippen LogP contribution in [0.1, 0.15) is 31.4 Å². The molecule has 1 aromatic carbocycles. The Bertz CT molecular complexity index is 749. The summed E-state index contributed by atoms with van der Waals surface area (Å²) in [6.07, 6.45) is -4.11. The number of hydrogen-bond donors (Lipinski definition) is 1. The van der Waals surface area contributed by atoms with Crippen molar-refractivity contribution < 1.29 is 31.4 Å². The van der Waals surface area contributed by atoms with Crippen LogP contribution >= 0.6 is 0 Å². The topological polar surface area (TPSA) is 63.6 Å². The number of halogens is 3. The van der Waals surface area contributed by atoms with Crippen LogP contribution in [0.2, 0.25) is 0 Å². The Morgan fingerprint density at radius 2 is 1.88 bits per heavy atom. The molecule has 0 spiro atoms. The lowest BCUT2D eigenvalue weighted by molar-refractivity contribution is -0.247. The van der Waals surface area contributed by atoms with E-state index in [9.17, 15) is 26.7 Å². The van der Waals surface area contributed by atoms with E-state index in [1.165, 1.54) is 26.0 Å². The van der Waals surface area contributed by atoms with Crippen molar-refractivity contribution in [2.75, 3.05) is 12.9 Å². The third-order valence-electron chi connectivity index (χ3n) is 4.18. The van der Waals surface area contributed by atoms with Crippen LogP contribution in [-0.4, -0.2) is 38.2 Å². The second kappa shape index (κ2) is 5.62. The van der Waals surface area contributed by atoms with Crippen LogP contribution in [0.3, 0.4) is 0 Å². The van der Waals surface area contributed by atoms with Gasteiger partial charge in [-0.05, 0) is 36.5 Å². The number of rotatable bonds is 4. The normalized spacial score (nSPS) is 18.0. The zero-order chi connectivity index (χ0) is 18.6. The Balaban J connectivity index is 2.56. The van der Waals surface area contributed by atoms with Crippen LogP contribution in [0.25, 0.3) is 0 Å². The summed E-state index contributed by atoms with van der Waals surface area (Å²) in [4.78, 5) is 0.0226. The van der Waals surface area contributed by atoms with Gasteiger partial charge in [0.2, 0.25) is 0 Å². The van der Waals surface area contributed by atoms with Gasteiger partial charge >= 0.3 is 6.18 Å². The molecule has 24 heavy (non-hydrogen) atoms. The number of benzene rings is 1. The van der Waals surface area contributed by atoms with Crippen LogP contribution < -0.4 is 4.74 Å². The van der Waals surface area contributed by atoms with Crippen molar-refractivity contribution in [2.24, 2.45) is 0 Å². The molecule has 0 saturated carbocycles. The summed E-state index contributed by atoms with van der Waals surface area (Å²) in [5.74, 6) is 0.394. The van der Waals surface area contributed by atoms with E-state index in [-0.39, 0.29) is 4.90 Å². The first-order valence-corrected chi connectivity index (χ1v) is 9.19. The second-order valence-electron chi connectivity index (χ2n) is 6.92. The van der Waals surface area contributed by atoms with E-state index in [1.54, 1.807) is 0 Å². The zero-order valence-corrected chi connectivity index (χ0v) is 14.5. The summed E-state index contributed by atoms with van der Waals surface area (Å²) in [6, 6.07) is 2.81. The van der Waals surface area contributed by atoms with Crippen molar-refractivity contribution in [1.82, 2.24) is 0 Å². The Morgan fingerprint density at radius 3 is 2.38 bits per heavy atom. The highest BCUT2D eigenvalue weighted by Crippen LogP contribution is 2.45. The van der Waals surface area contributed by atoms with Crippen molar-refractivity contribution in [2.45, 2.75) is 48.8 Å². The highest BCUT2D eigenvalue weighted by molar-refractivity contribution is 7.90. The minimum atomic E-state index is -4.90. The van der Waals surface area contributed by atoms with E-state index >= 15 is 0 Å². The lowest BCUT2D eigenvalue weighted by Gasteiger charge is -2.36. The molecule has 0 bridgehead atoms. The molecule has 135 valence electrons. The summed E-state index contributed by atoms with van der Waals surface area (Å²) in [6.45, 7) is 6.22. The average molecular weight is 365 g/mol. The zero-order valence-electron chi connectivity index (χ0n) is 13.7. The highest BCUT2D eigenvalue weighted by atomic mass is 32.2. The van der Waals surface area contributed by atoms with Crippen LogP contribution in [0.5, 0.6) is 5.75 Å². The average Bonchev–Trinajstić information content (AvgIpc) is 2.81. The van der Waals surface area contributed by atoms with Gasteiger partial charge < -0.3 is 9.84 Å². The fourth-order valence-electron chi connectivity index (χ4n) is 2.92. The number of ether oxygens (including phenoxy) is 1. The molecule has 1 heterocycles. The fourth-order valence-corrected chi connectivity index (χ4v) is 3.61. The molecule has 0 aliphatic carbocycles. The smallest absolute Gasteiger partial charge is 0.417 e. The number of hydrogen-bond acceptors (Lipinski definition) is 4. The molecular weight excluding hydrogens is 345 g/mol. The van der Waals surface area contributed by atoms with Gasteiger partial charge in [-0.1, -0.05) is 13.8 Å². The molecule has 1 aliphatic heterocycles. The fraction of sp³-hybridized carbons (Fsp3) is 0.562. The molecular formula is C16H20F3O4S. The van der Waals surface area contributed by atoms with Gasteiger partial charge in [0.1, 0.15) is 5.75 Å². The van der Waals surface area contributed by atoms with Gasteiger partial charge in [-0.2, -0.15) is 13.2 Å². The van der Waals surface area contributed by atoms with Gasteiger partial charge in [0.25, 0.3) is 0 Å². The van der Waals surface area contributed by atoms with Gasteiger partial charge in [0, 0.05) is 18.2 Å². The molecule has 0 amide bonds. The Labute approximate surface area is 139 Å². The lowest BCUT2D eigenvalue weighted by Crippen LogP contribution is -2.46. The maximum absolute atomic E-state index is 13.0. The minimum Gasteiger partial charge on any atom is -0.493 e. The van der Waals surface area contributed by atoms with Crippen molar-refractivity contribution in [3.05, 3.63) is 30.2 Å². The molecule has 1 N–H and O–H groups in total. The van der Waals surface area contributed by atoms with Gasteiger partial charge in [0.15, 0.2) is 15.4 Å². The SMILES string of the molecule is [CH2]C(O)(CC(C)(C)c1cc(S(C)(=O)=O)cc2c1OCC2)C(F)(F)F. The summed E-state index contributed by atoms with van der Waals surface area (Å²) >= 11 is 0. The van der Waals surface area contributed by atoms with Crippen molar-refractivity contribution in [1.29, 1.82) is 0 Å². The molecule has 0 fully saturated rings. The van der Waals surface area contributed by atoms with Gasteiger partial charge in [0.05, 0.1) is 11.5 Å². The van der Waals surface area contributed by atoms with Gasteiger partial charge in [-0.3, -0.25) is 0 Å². The van der Waals surface area contributed by atoms with Crippen LogP contribution in [0.4, 0.5) is 13.2 Å². The Kier molecular flexibility index (Phi) is 4.46. The molecule has 0 saturated heterocycles. The monoisotopic (exact) mass is 365 g/mol. The molecule has 4 nitrogen and oxygen atoms in total. The molecule has 1 aliphatic rings. The summed E-state index contributed by atoms with van der Waals surface area (Å²) in [5.41, 5.74) is -3.39. The quantitative estimate of drug-likeness (QED) is 0.891. The lowest BCUT2D eigenvalue weighted by atomic mass is 9.74. The van der Waals surface area contributed by atoms with Crippen LogP contribution in [-0.2, 0) is 21.7 Å². The third kappa shape index (κ3) is 3.54. The summed E-state index contributed by atoms with van der Waals surface area (Å²) < 4.78 is 68.2. The van der Waals surface area contributed by atoms with Gasteiger partial charge in [-0.25, -0.2) is 8.42 Å². The van der Waals surface area contributed by atoms with Crippen LogP contribution in [0, 0.1) is 6.92 Å². The van der Waals surface area contributed by atoms with E-state index in [2.05, 4.69) is 6.92 Å². The van der Waals surface area contributed by atoms with Crippen molar-refractivity contribution in [3.63, 3.8) is 0 Å². The number of aliphatic hydroxyl groups is 1. The molecule has 8 heteroatoms. The third-order valence-corrected chi connectivity index (χ3v) is 5.27. The molecule has 1 unspecified atom stereocenters. The second-order valence-corrected chi connectivity index (χ2v) is 8.94. The van der Waals surface area contributed by atoms with E-state index in [4.69, 9.17) is 4.74 Å². The van der Waals surface area contributed by atoms with E-state index < -0.39 is 33.5 Å². The van der Waals surface area contributed by atoms with E-state index in [1.807, 2.05) is 0 Å². The number of sulfone groups is 1. The minimum absolute atomic E-state index is 0.0226. The Morgan fingerprint density at radius 1 is 1.29 bits per heavy atom. The largest absolute Gasteiger partial charge is 0.493 e. The van der Waals surface area contributed by atoms with Crippen molar-refractivity contribution >= 4 is 9.84 Å². The number of alkyl halides is 3. The molecule has 0 aromatic heterocycles.